The standard InChI is InChI=1S/C32H46NO6PS/c1-4-5-6-7-8-9-10-11-12-13-14-15-22-37-29-20-17-21-30(32(29)36-3)39-40(34,35)38-28-19-16-18-27(23-28)24-31-33-25-26(2)41-31/h16-21,23,25H,4-15,22,24H2,1-3H3,(H,34,35). The minimum absolute atomic E-state index is 0.0833. The molecule has 1 aromatic heterocycles. The number of phosphoric ester groups is 1. The van der Waals surface area contributed by atoms with Crippen LogP contribution in [0.1, 0.15) is 99.4 Å². The third kappa shape index (κ3) is 12.5. The van der Waals surface area contributed by atoms with Gasteiger partial charge in [0.1, 0.15) is 5.75 Å². The van der Waals surface area contributed by atoms with Crippen molar-refractivity contribution in [2.75, 3.05) is 13.7 Å². The first-order valence-corrected chi connectivity index (χ1v) is 17.2. The molecule has 0 amide bonds. The number of aryl methyl sites for hydroxylation is 1. The maximum atomic E-state index is 12.9. The lowest BCUT2D eigenvalue weighted by molar-refractivity contribution is 0.267. The molecule has 41 heavy (non-hydrogen) atoms. The van der Waals surface area contributed by atoms with Gasteiger partial charge in [-0.25, -0.2) is 9.55 Å². The van der Waals surface area contributed by atoms with Crippen molar-refractivity contribution in [2.45, 2.75) is 97.3 Å². The molecule has 3 aromatic rings. The average molecular weight is 604 g/mol. The number of aromatic nitrogens is 1. The molecule has 0 radical (unpaired) electrons. The Labute approximate surface area is 249 Å². The van der Waals surface area contributed by atoms with Crippen molar-refractivity contribution < 1.29 is 28.0 Å². The van der Waals surface area contributed by atoms with E-state index in [2.05, 4.69) is 11.9 Å². The van der Waals surface area contributed by atoms with Crippen LogP contribution in [0.5, 0.6) is 23.0 Å². The van der Waals surface area contributed by atoms with E-state index in [4.69, 9.17) is 18.5 Å². The van der Waals surface area contributed by atoms with E-state index < -0.39 is 7.82 Å². The fourth-order valence-electron chi connectivity index (χ4n) is 4.65. The third-order valence-corrected chi connectivity index (χ3v) is 8.54. The second-order valence-corrected chi connectivity index (χ2v) is 13.0. The predicted molar refractivity (Wildman–Crippen MR) is 167 cm³/mol. The Morgan fingerprint density at radius 1 is 0.854 bits per heavy atom. The third-order valence-electron chi connectivity index (χ3n) is 6.76. The van der Waals surface area contributed by atoms with Crippen LogP contribution in [0.4, 0.5) is 0 Å². The number of benzene rings is 2. The molecule has 9 heteroatoms. The van der Waals surface area contributed by atoms with E-state index in [1.54, 1.807) is 47.7 Å². The number of thiazole rings is 1. The molecule has 0 saturated carbocycles. The molecule has 1 N–H and O–H groups in total. The molecule has 0 aliphatic carbocycles. The molecule has 0 spiro atoms. The number of phosphoric acid groups is 1. The zero-order chi connectivity index (χ0) is 29.3. The molecule has 0 saturated heterocycles. The van der Waals surface area contributed by atoms with Gasteiger partial charge in [0.05, 0.1) is 18.7 Å². The number of nitrogens with zero attached hydrogens (tertiary/aromatic N) is 1. The largest absolute Gasteiger partial charge is 0.585 e. The maximum Gasteiger partial charge on any atom is 0.585 e. The molecule has 0 bridgehead atoms. The van der Waals surface area contributed by atoms with Crippen molar-refractivity contribution in [3.05, 3.63) is 64.1 Å². The van der Waals surface area contributed by atoms with Crippen LogP contribution in [-0.2, 0) is 11.0 Å². The van der Waals surface area contributed by atoms with Gasteiger partial charge in [-0.2, -0.15) is 0 Å². The van der Waals surface area contributed by atoms with Crippen LogP contribution in [0.15, 0.2) is 48.7 Å². The SMILES string of the molecule is CCCCCCCCCCCCCCOc1cccc(OP(=O)(O)Oc2cccc(Cc3ncc(C)s3)c2)c1OC. The minimum atomic E-state index is -4.50. The van der Waals surface area contributed by atoms with E-state index >= 15 is 0 Å². The fraction of sp³-hybridized carbons (Fsp3) is 0.531. The number of methoxy groups -OCH3 is 1. The van der Waals surface area contributed by atoms with Crippen molar-refractivity contribution >= 4 is 19.2 Å². The van der Waals surface area contributed by atoms with Gasteiger partial charge in [0.25, 0.3) is 0 Å². The van der Waals surface area contributed by atoms with E-state index in [0.717, 1.165) is 28.3 Å². The molecule has 7 nitrogen and oxygen atoms in total. The first-order chi connectivity index (χ1) is 19.9. The Morgan fingerprint density at radius 2 is 1.49 bits per heavy atom. The van der Waals surface area contributed by atoms with Gasteiger partial charge in [0, 0.05) is 17.5 Å². The number of hydrogen-bond donors (Lipinski definition) is 1. The first-order valence-electron chi connectivity index (χ1n) is 14.9. The quantitative estimate of drug-likeness (QED) is 0.0958. The number of ether oxygens (including phenoxy) is 2. The number of unbranched alkanes of at least 4 members (excludes halogenated alkanes) is 11. The molecule has 1 atom stereocenters. The van der Waals surface area contributed by atoms with Gasteiger partial charge in [0.2, 0.25) is 5.75 Å². The molecule has 0 aliphatic rings. The fourth-order valence-corrected chi connectivity index (χ4v) is 6.28. The lowest BCUT2D eigenvalue weighted by Crippen LogP contribution is -2.04. The van der Waals surface area contributed by atoms with Gasteiger partial charge in [0.15, 0.2) is 11.5 Å². The van der Waals surface area contributed by atoms with Crippen LogP contribution in [-0.4, -0.2) is 23.6 Å². The molecular weight excluding hydrogens is 557 g/mol. The lowest BCUT2D eigenvalue weighted by Gasteiger charge is -2.18. The zero-order valence-corrected chi connectivity index (χ0v) is 26.5. The van der Waals surface area contributed by atoms with Gasteiger partial charge >= 0.3 is 7.82 Å². The minimum Gasteiger partial charge on any atom is -0.490 e. The van der Waals surface area contributed by atoms with Crippen LogP contribution < -0.4 is 18.5 Å². The molecule has 226 valence electrons. The Morgan fingerprint density at radius 3 is 2.12 bits per heavy atom. The highest BCUT2D eigenvalue weighted by Gasteiger charge is 2.28. The van der Waals surface area contributed by atoms with Gasteiger partial charge in [-0.3, -0.25) is 4.89 Å². The van der Waals surface area contributed by atoms with Gasteiger partial charge in [-0.15, -0.1) is 11.3 Å². The van der Waals surface area contributed by atoms with E-state index in [1.807, 2.05) is 19.2 Å². The second kappa shape index (κ2) is 18.1. The summed E-state index contributed by atoms with van der Waals surface area (Å²) in [4.78, 5) is 16.0. The summed E-state index contributed by atoms with van der Waals surface area (Å²) in [6.45, 7) is 4.80. The van der Waals surface area contributed by atoms with E-state index in [-0.39, 0.29) is 17.2 Å². The molecule has 0 aliphatic heterocycles. The molecule has 2 aromatic carbocycles. The molecule has 3 rings (SSSR count). The summed E-state index contributed by atoms with van der Waals surface area (Å²) in [5.74, 6) is 1.05. The van der Waals surface area contributed by atoms with Gasteiger partial charge < -0.3 is 18.5 Å². The van der Waals surface area contributed by atoms with Crippen molar-refractivity contribution in [3.63, 3.8) is 0 Å². The number of hydrogen-bond acceptors (Lipinski definition) is 7. The van der Waals surface area contributed by atoms with Crippen LogP contribution in [0, 0.1) is 6.92 Å². The van der Waals surface area contributed by atoms with Crippen molar-refractivity contribution in [2.24, 2.45) is 0 Å². The van der Waals surface area contributed by atoms with E-state index in [9.17, 15) is 9.46 Å². The maximum absolute atomic E-state index is 12.9. The lowest BCUT2D eigenvalue weighted by atomic mass is 10.1. The Hall–Kier alpha value is -2.54. The van der Waals surface area contributed by atoms with Crippen molar-refractivity contribution in [1.29, 1.82) is 0 Å². The molecule has 1 unspecified atom stereocenters. The van der Waals surface area contributed by atoms with E-state index in [0.29, 0.717) is 18.8 Å². The summed E-state index contributed by atoms with van der Waals surface area (Å²) in [5, 5.41) is 0.966. The summed E-state index contributed by atoms with van der Waals surface area (Å²) in [5.41, 5.74) is 0.919. The highest BCUT2D eigenvalue weighted by Crippen LogP contribution is 2.49. The summed E-state index contributed by atoms with van der Waals surface area (Å²) < 4.78 is 35.1. The number of para-hydroxylation sites is 1. The van der Waals surface area contributed by atoms with Crippen LogP contribution in [0.2, 0.25) is 0 Å². The van der Waals surface area contributed by atoms with E-state index in [1.165, 1.54) is 71.3 Å². The molecule has 0 fully saturated rings. The Bertz CT molecular complexity index is 1220. The number of rotatable bonds is 21. The van der Waals surface area contributed by atoms with Crippen LogP contribution in [0.25, 0.3) is 0 Å². The molecule has 1 heterocycles. The normalized spacial score (nSPS) is 12.6. The smallest absolute Gasteiger partial charge is 0.490 e. The Kier molecular flexibility index (Phi) is 14.5. The molecular formula is C32H46NO6PS. The van der Waals surface area contributed by atoms with Crippen LogP contribution >= 0.6 is 19.2 Å². The monoisotopic (exact) mass is 603 g/mol. The van der Waals surface area contributed by atoms with Crippen molar-refractivity contribution in [1.82, 2.24) is 4.98 Å². The summed E-state index contributed by atoms with van der Waals surface area (Å²) in [6, 6.07) is 12.1. The highest BCUT2D eigenvalue weighted by atomic mass is 32.1. The highest BCUT2D eigenvalue weighted by molar-refractivity contribution is 7.48. The zero-order valence-electron chi connectivity index (χ0n) is 24.8. The summed E-state index contributed by atoms with van der Waals surface area (Å²) in [6.07, 6.45) is 17.8. The predicted octanol–water partition coefficient (Wildman–Crippen LogP) is 9.69. The summed E-state index contributed by atoms with van der Waals surface area (Å²) >= 11 is 1.62. The first kappa shape index (κ1) is 33.0. The Balaban J connectivity index is 1.42. The summed E-state index contributed by atoms with van der Waals surface area (Å²) in [7, 11) is -3.03. The van der Waals surface area contributed by atoms with Gasteiger partial charge in [-0.05, 0) is 43.2 Å². The van der Waals surface area contributed by atoms with Gasteiger partial charge in [-0.1, -0.05) is 95.8 Å². The average Bonchev–Trinajstić information content (AvgIpc) is 3.35. The topological polar surface area (TPSA) is 87.1 Å². The second-order valence-electron chi connectivity index (χ2n) is 10.4. The van der Waals surface area contributed by atoms with Crippen molar-refractivity contribution in [3.8, 4) is 23.0 Å². The van der Waals surface area contributed by atoms with Crippen LogP contribution in [0.3, 0.4) is 0 Å².